The van der Waals surface area contributed by atoms with Crippen molar-refractivity contribution in [1.82, 2.24) is 25.6 Å². The molecule has 0 aliphatic heterocycles. The van der Waals surface area contributed by atoms with E-state index in [9.17, 15) is 8.42 Å². The highest BCUT2D eigenvalue weighted by molar-refractivity contribution is 7.92. The number of ether oxygens (including phenoxy) is 1. The summed E-state index contributed by atoms with van der Waals surface area (Å²) in [6.07, 6.45) is 1.47. The van der Waals surface area contributed by atoms with Crippen molar-refractivity contribution in [2.24, 2.45) is 5.92 Å². The fraction of sp³-hybridized carbons (Fsp3) is 0.280. The Morgan fingerprint density at radius 1 is 1.08 bits per heavy atom. The second kappa shape index (κ2) is 10.6. The van der Waals surface area contributed by atoms with Gasteiger partial charge in [0, 0.05) is 28.9 Å². The molecule has 0 radical (unpaired) electrons. The van der Waals surface area contributed by atoms with E-state index in [-0.39, 0.29) is 24.1 Å². The second-order valence-corrected chi connectivity index (χ2v) is 11.0. The molecule has 2 heterocycles. The first-order valence-electron chi connectivity index (χ1n) is 11.4. The molecule has 36 heavy (non-hydrogen) atoms. The number of nitrogens with zero attached hydrogens (tertiary/aromatic N) is 5. The van der Waals surface area contributed by atoms with Crippen LogP contribution >= 0.6 is 11.6 Å². The number of sulfonamides is 1. The molecule has 0 spiro atoms. The van der Waals surface area contributed by atoms with Crippen LogP contribution in [-0.4, -0.2) is 40.6 Å². The van der Waals surface area contributed by atoms with Gasteiger partial charge in [-0.25, -0.2) is 4.98 Å². The van der Waals surface area contributed by atoms with E-state index in [4.69, 9.17) is 16.3 Å². The van der Waals surface area contributed by atoms with Gasteiger partial charge < -0.3 is 4.74 Å². The molecule has 0 fully saturated rings. The van der Waals surface area contributed by atoms with Crippen molar-refractivity contribution in [2.75, 3.05) is 10.8 Å². The summed E-state index contributed by atoms with van der Waals surface area (Å²) in [7, 11) is -3.93. The highest BCUT2D eigenvalue weighted by Crippen LogP contribution is 2.36. The van der Waals surface area contributed by atoms with Crippen LogP contribution in [0.3, 0.4) is 0 Å². The maximum atomic E-state index is 13.7. The molecule has 2 aromatic carbocycles. The first kappa shape index (κ1) is 25.6. The van der Waals surface area contributed by atoms with E-state index in [0.29, 0.717) is 27.8 Å². The number of H-pyrrole nitrogens is 1. The number of halogens is 1. The van der Waals surface area contributed by atoms with Gasteiger partial charge in [0.1, 0.15) is 12.4 Å². The summed E-state index contributed by atoms with van der Waals surface area (Å²) in [6.45, 7) is 8.23. The van der Waals surface area contributed by atoms with Gasteiger partial charge in [0.25, 0.3) is 10.0 Å². The van der Waals surface area contributed by atoms with E-state index in [0.717, 1.165) is 16.7 Å². The Hall–Kier alpha value is -3.50. The normalized spacial score (nSPS) is 11.6. The Morgan fingerprint density at radius 3 is 2.50 bits per heavy atom. The maximum Gasteiger partial charge on any atom is 0.281 e. The van der Waals surface area contributed by atoms with Crippen LogP contribution < -0.4 is 9.04 Å². The Balaban J connectivity index is 1.70. The van der Waals surface area contributed by atoms with Crippen molar-refractivity contribution in [3.8, 4) is 17.1 Å². The van der Waals surface area contributed by atoms with Gasteiger partial charge in [-0.05, 0) is 66.4 Å². The van der Waals surface area contributed by atoms with Gasteiger partial charge in [0.15, 0.2) is 5.03 Å². The quantitative estimate of drug-likeness (QED) is 0.327. The molecule has 2 aromatic heterocycles. The average Bonchev–Trinajstić information content (AvgIpc) is 3.39. The van der Waals surface area contributed by atoms with Crippen LogP contribution in [0.15, 0.2) is 59.8 Å². The molecule has 0 saturated heterocycles. The lowest BCUT2D eigenvalue weighted by molar-refractivity contribution is 0.307. The third-order valence-electron chi connectivity index (χ3n) is 5.61. The first-order valence-corrected chi connectivity index (χ1v) is 13.2. The fourth-order valence-electron chi connectivity index (χ4n) is 3.60. The molecule has 0 aliphatic rings. The van der Waals surface area contributed by atoms with Gasteiger partial charge >= 0.3 is 0 Å². The number of aromatic amines is 1. The minimum atomic E-state index is -3.93. The van der Waals surface area contributed by atoms with Crippen LogP contribution in [0.1, 0.15) is 30.5 Å². The van der Waals surface area contributed by atoms with Gasteiger partial charge in [-0.1, -0.05) is 43.6 Å². The number of hydrogen-bond donors (Lipinski definition) is 1. The molecule has 9 nitrogen and oxygen atoms in total. The summed E-state index contributed by atoms with van der Waals surface area (Å²) < 4.78 is 34.9. The van der Waals surface area contributed by atoms with Gasteiger partial charge in [0.2, 0.25) is 5.82 Å². The van der Waals surface area contributed by atoms with Crippen molar-refractivity contribution in [3.63, 3.8) is 0 Å². The van der Waals surface area contributed by atoms with E-state index in [1.807, 2.05) is 52.0 Å². The maximum absolute atomic E-state index is 13.7. The average molecular weight is 527 g/mol. The van der Waals surface area contributed by atoms with E-state index in [1.54, 1.807) is 18.2 Å². The standard InChI is InChI=1S/C25H27ClN6O3S/c1-16(2)14-32(36(33,34)24-7-5-6-10-27-24)22-11-17(3)18(4)12-23(22)35-15-20-9-8-19(13-21(20)26)25-28-30-31-29-25/h5-13,16H,14-15H2,1-4H3,(H,28,29,30,31). The molecule has 0 bridgehead atoms. The molecule has 0 atom stereocenters. The zero-order chi connectivity index (χ0) is 25.9. The predicted octanol–water partition coefficient (Wildman–Crippen LogP) is 4.96. The topological polar surface area (TPSA) is 114 Å². The number of anilines is 1. The Labute approximate surface area is 215 Å². The lowest BCUT2D eigenvalue weighted by Crippen LogP contribution is -2.35. The van der Waals surface area contributed by atoms with Crippen LogP contribution in [0.5, 0.6) is 5.75 Å². The Morgan fingerprint density at radius 2 is 1.86 bits per heavy atom. The molecule has 1 N–H and O–H groups in total. The van der Waals surface area contributed by atoms with Crippen molar-refractivity contribution < 1.29 is 13.2 Å². The van der Waals surface area contributed by atoms with Gasteiger partial charge in [-0.3, -0.25) is 4.31 Å². The van der Waals surface area contributed by atoms with Crippen LogP contribution in [-0.2, 0) is 16.6 Å². The number of aromatic nitrogens is 5. The summed E-state index contributed by atoms with van der Waals surface area (Å²) in [4.78, 5) is 4.10. The molecule has 11 heteroatoms. The molecule has 4 rings (SSSR count). The Kier molecular flexibility index (Phi) is 7.56. The number of nitrogens with one attached hydrogen (secondary N) is 1. The summed E-state index contributed by atoms with van der Waals surface area (Å²) >= 11 is 6.51. The summed E-state index contributed by atoms with van der Waals surface area (Å²) in [5.41, 5.74) is 3.83. The lowest BCUT2D eigenvalue weighted by atomic mass is 10.1. The SMILES string of the molecule is Cc1cc(OCc2ccc(-c3nn[nH]n3)cc2Cl)c(N(CC(C)C)S(=O)(=O)c2ccccn2)cc1C. The molecule has 188 valence electrons. The second-order valence-electron chi connectivity index (χ2n) is 8.83. The molecular formula is C25H27ClN6O3S. The summed E-state index contributed by atoms with van der Waals surface area (Å²) in [6, 6.07) is 13.9. The van der Waals surface area contributed by atoms with Crippen LogP contribution in [0.2, 0.25) is 5.02 Å². The number of tetrazole rings is 1. The monoisotopic (exact) mass is 526 g/mol. The molecular weight excluding hydrogens is 500 g/mol. The van der Waals surface area contributed by atoms with Gasteiger partial charge in [-0.15, -0.1) is 10.2 Å². The van der Waals surface area contributed by atoms with Crippen LogP contribution in [0.4, 0.5) is 5.69 Å². The third-order valence-corrected chi connectivity index (χ3v) is 7.65. The highest BCUT2D eigenvalue weighted by atomic mass is 35.5. The van der Waals surface area contributed by atoms with E-state index in [1.165, 1.54) is 16.6 Å². The van der Waals surface area contributed by atoms with Crippen molar-refractivity contribution >= 4 is 27.3 Å². The van der Waals surface area contributed by atoms with E-state index in [2.05, 4.69) is 25.6 Å². The van der Waals surface area contributed by atoms with Crippen molar-refractivity contribution in [1.29, 1.82) is 0 Å². The lowest BCUT2D eigenvalue weighted by Gasteiger charge is -2.28. The largest absolute Gasteiger partial charge is 0.487 e. The van der Waals surface area contributed by atoms with E-state index < -0.39 is 10.0 Å². The molecule has 0 saturated carbocycles. The summed E-state index contributed by atoms with van der Waals surface area (Å²) in [5.74, 6) is 0.937. The molecule has 0 unspecified atom stereocenters. The van der Waals surface area contributed by atoms with Gasteiger partial charge in [0.05, 0.1) is 5.69 Å². The van der Waals surface area contributed by atoms with Crippen LogP contribution in [0, 0.1) is 19.8 Å². The van der Waals surface area contributed by atoms with Gasteiger partial charge in [-0.2, -0.15) is 13.6 Å². The minimum absolute atomic E-state index is 0.0186. The van der Waals surface area contributed by atoms with Crippen LogP contribution in [0.25, 0.3) is 11.4 Å². The van der Waals surface area contributed by atoms with E-state index >= 15 is 0 Å². The number of aryl methyl sites for hydroxylation is 2. The molecule has 0 amide bonds. The minimum Gasteiger partial charge on any atom is -0.487 e. The number of benzene rings is 2. The fourth-order valence-corrected chi connectivity index (χ4v) is 5.40. The zero-order valence-electron chi connectivity index (χ0n) is 20.4. The van der Waals surface area contributed by atoms with Crippen molar-refractivity contribution in [3.05, 3.63) is 76.4 Å². The smallest absolute Gasteiger partial charge is 0.281 e. The molecule has 4 aromatic rings. The number of rotatable bonds is 9. The van der Waals surface area contributed by atoms with Crippen molar-refractivity contribution in [2.45, 2.75) is 39.3 Å². The summed E-state index contributed by atoms with van der Waals surface area (Å²) in [5, 5.41) is 14.4. The third kappa shape index (κ3) is 5.50. The predicted molar refractivity (Wildman–Crippen MR) is 138 cm³/mol. The highest BCUT2D eigenvalue weighted by Gasteiger charge is 2.29. The zero-order valence-corrected chi connectivity index (χ0v) is 22.0. The number of hydrogen-bond acceptors (Lipinski definition) is 7. The number of pyridine rings is 1. The first-order chi connectivity index (χ1) is 17.2. The molecule has 0 aliphatic carbocycles. The Bertz CT molecular complexity index is 1440.